The van der Waals surface area contributed by atoms with Crippen LogP contribution in [-0.4, -0.2) is 0 Å². The molecule has 0 atom stereocenters. The van der Waals surface area contributed by atoms with Crippen LogP contribution in [-0.2, 0) is 32.1 Å². The van der Waals surface area contributed by atoms with Crippen LogP contribution in [0.3, 0.4) is 0 Å². The van der Waals surface area contributed by atoms with E-state index < -0.39 is 0 Å². The molecular formula is C38H40N2. The number of hydrogen-bond donors (Lipinski definition) is 2. The molecule has 0 heterocycles. The Morgan fingerprint density at radius 2 is 0.750 bits per heavy atom. The van der Waals surface area contributed by atoms with Gasteiger partial charge in [-0.2, -0.15) is 0 Å². The minimum absolute atomic E-state index is 0.812. The zero-order valence-corrected chi connectivity index (χ0v) is 23.6. The molecule has 0 fully saturated rings. The van der Waals surface area contributed by atoms with E-state index in [1.54, 1.807) is 0 Å². The maximum atomic E-state index is 5.83. The van der Waals surface area contributed by atoms with Crippen LogP contribution in [0.2, 0.25) is 0 Å². The second-order valence-electron chi connectivity index (χ2n) is 11.0. The normalized spacial score (nSPS) is 11.0. The first-order chi connectivity index (χ1) is 19.5. The lowest BCUT2D eigenvalue weighted by Gasteiger charge is -2.13. The van der Waals surface area contributed by atoms with Gasteiger partial charge in [-0.05, 0) is 113 Å². The number of nitrogens with two attached hydrogens (primary N) is 2. The fourth-order valence-electron chi connectivity index (χ4n) is 5.31. The SMILES string of the molecule is CCCCc1cc(Cc2ccc(Cc3ccc(N)cc3)cc2)ccc1Cc1ccc(Cc2ccc(N)cc2)cc1. The molecule has 0 unspecified atom stereocenters. The van der Waals surface area contributed by atoms with Crippen molar-refractivity contribution >= 4 is 11.4 Å². The van der Waals surface area contributed by atoms with Gasteiger partial charge in [0.05, 0.1) is 0 Å². The fraction of sp³-hybridized carbons (Fsp3) is 0.211. The summed E-state index contributed by atoms with van der Waals surface area (Å²) in [5, 5.41) is 0. The van der Waals surface area contributed by atoms with E-state index >= 15 is 0 Å². The molecule has 40 heavy (non-hydrogen) atoms. The Hall–Kier alpha value is -4.30. The predicted molar refractivity (Wildman–Crippen MR) is 171 cm³/mol. The highest BCUT2D eigenvalue weighted by atomic mass is 14.5. The van der Waals surface area contributed by atoms with Crippen molar-refractivity contribution in [1.82, 2.24) is 0 Å². The minimum Gasteiger partial charge on any atom is -0.399 e. The van der Waals surface area contributed by atoms with Crippen molar-refractivity contribution in [3.05, 3.63) is 165 Å². The first kappa shape index (κ1) is 27.3. The fourth-order valence-corrected chi connectivity index (χ4v) is 5.31. The molecular weight excluding hydrogens is 484 g/mol. The average Bonchev–Trinajstić information content (AvgIpc) is 2.97. The first-order valence-electron chi connectivity index (χ1n) is 14.5. The molecule has 2 heteroatoms. The van der Waals surface area contributed by atoms with Crippen LogP contribution in [0.15, 0.2) is 115 Å². The monoisotopic (exact) mass is 524 g/mol. The molecule has 0 radical (unpaired) electrons. The van der Waals surface area contributed by atoms with Gasteiger partial charge in [-0.25, -0.2) is 0 Å². The summed E-state index contributed by atoms with van der Waals surface area (Å²) >= 11 is 0. The molecule has 0 saturated carbocycles. The van der Waals surface area contributed by atoms with Gasteiger partial charge in [-0.15, -0.1) is 0 Å². The molecule has 0 spiro atoms. The van der Waals surface area contributed by atoms with E-state index in [-0.39, 0.29) is 0 Å². The van der Waals surface area contributed by atoms with Gasteiger partial charge in [-0.1, -0.05) is 104 Å². The molecule has 0 aliphatic heterocycles. The molecule has 5 aromatic rings. The maximum absolute atomic E-state index is 5.83. The molecule has 0 aliphatic carbocycles. The van der Waals surface area contributed by atoms with Crippen molar-refractivity contribution in [2.24, 2.45) is 0 Å². The van der Waals surface area contributed by atoms with E-state index in [2.05, 4.69) is 97.9 Å². The summed E-state index contributed by atoms with van der Waals surface area (Å²) < 4.78 is 0. The van der Waals surface area contributed by atoms with Crippen molar-refractivity contribution in [3.63, 3.8) is 0 Å². The Kier molecular flexibility index (Phi) is 8.98. The van der Waals surface area contributed by atoms with Gasteiger partial charge < -0.3 is 11.5 Å². The molecule has 5 aromatic carbocycles. The smallest absolute Gasteiger partial charge is 0.0314 e. The molecule has 0 aromatic heterocycles. The van der Waals surface area contributed by atoms with Gasteiger partial charge >= 0.3 is 0 Å². The molecule has 0 amide bonds. The highest BCUT2D eigenvalue weighted by molar-refractivity contribution is 5.43. The van der Waals surface area contributed by atoms with E-state index in [1.165, 1.54) is 62.9 Å². The van der Waals surface area contributed by atoms with E-state index in [4.69, 9.17) is 11.5 Å². The molecule has 2 nitrogen and oxygen atoms in total. The minimum atomic E-state index is 0.812. The number of nitrogen functional groups attached to an aromatic ring is 2. The number of anilines is 2. The number of unbranched alkanes of at least 4 members (excludes halogenated alkanes) is 1. The third-order valence-corrected chi connectivity index (χ3v) is 7.70. The van der Waals surface area contributed by atoms with Crippen LogP contribution in [0.4, 0.5) is 11.4 Å². The lowest BCUT2D eigenvalue weighted by molar-refractivity contribution is 0.787. The molecule has 0 aliphatic rings. The van der Waals surface area contributed by atoms with E-state index in [0.29, 0.717) is 0 Å². The zero-order chi connectivity index (χ0) is 27.7. The van der Waals surface area contributed by atoms with Crippen LogP contribution in [0.25, 0.3) is 0 Å². The summed E-state index contributed by atoms with van der Waals surface area (Å²) in [5.41, 5.74) is 25.6. The van der Waals surface area contributed by atoms with Crippen molar-refractivity contribution in [1.29, 1.82) is 0 Å². The Balaban J connectivity index is 1.24. The van der Waals surface area contributed by atoms with Gasteiger partial charge in [0.25, 0.3) is 0 Å². The molecule has 4 N–H and O–H groups in total. The van der Waals surface area contributed by atoms with Crippen LogP contribution in [0, 0.1) is 0 Å². The summed E-state index contributed by atoms with van der Waals surface area (Å²) in [6, 6.07) is 41.6. The summed E-state index contributed by atoms with van der Waals surface area (Å²) in [7, 11) is 0. The number of rotatable bonds is 11. The zero-order valence-electron chi connectivity index (χ0n) is 23.6. The van der Waals surface area contributed by atoms with Crippen LogP contribution >= 0.6 is 0 Å². The third-order valence-electron chi connectivity index (χ3n) is 7.70. The number of hydrogen-bond acceptors (Lipinski definition) is 2. The Morgan fingerprint density at radius 1 is 0.400 bits per heavy atom. The van der Waals surface area contributed by atoms with E-state index in [1.807, 2.05) is 24.3 Å². The Bertz CT molecular complexity index is 1500. The van der Waals surface area contributed by atoms with Crippen LogP contribution < -0.4 is 11.5 Å². The van der Waals surface area contributed by atoms with Crippen molar-refractivity contribution in [2.45, 2.75) is 51.9 Å². The summed E-state index contributed by atoms with van der Waals surface area (Å²) in [4.78, 5) is 0. The Morgan fingerprint density at radius 3 is 1.18 bits per heavy atom. The quantitative estimate of drug-likeness (QED) is 0.170. The molecule has 5 rings (SSSR count). The highest BCUT2D eigenvalue weighted by Gasteiger charge is 2.08. The predicted octanol–water partition coefficient (Wildman–Crippen LogP) is 8.56. The molecule has 202 valence electrons. The number of aryl methyl sites for hydroxylation is 1. The average molecular weight is 525 g/mol. The summed E-state index contributed by atoms with van der Waals surface area (Å²) in [6.45, 7) is 2.27. The summed E-state index contributed by atoms with van der Waals surface area (Å²) in [5.74, 6) is 0. The topological polar surface area (TPSA) is 52.0 Å². The number of benzene rings is 5. The molecule has 0 saturated heterocycles. The van der Waals surface area contributed by atoms with Crippen molar-refractivity contribution in [2.75, 3.05) is 11.5 Å². The van der Waals surface area contributed by atoms with Gasteiger partial charge in [0.15, 0.2) is 0 Å². The first-order valence-corrected chi connectivity index (χ1v) is 14.5. The van der Waals surface area contributed by atoms with Crippen LogP contribution in [0.1, 0.15) is 69.8 Å². The van der Waals surface area contributed by atoms with Gasteiger partial charge in [-0.3, -0.25) is 0 Å². The second kappa shape index (κ2) is 13.2. The van der Waals surface area contributed by atoms with Crippen LogP contribution in [0.5, 0.6) is 0 Å². The largest absolute Gasteiger partial charge is 0.399 e. The second-order valence-corrected chi connectivity index (χ2v) is 11.0. The Labute approximate surface area is 239 Å². The third kappa shape index (κ3) is 7.64. The van der Waals surface area contributed by atoms with Crippen molar-refractivity contribution in [3.8, 4) is 0 Å². The standard InChI is InChI=1S/C38H40N2/c1-2-3-4-35-27-34(25-30-7-5-28(6-8-30)23-31-14-19-37(39)20-15-31)13-18-36(35)26-33-11-9-29(10-12-33)24-32-16-21-38(40)22-17-32/h5-22,27H,2-4,23-26,39-40H2,1H3. The highest BCUT2D eigenvalue weighted by Crippen LogP contribution is 2.22. The lowest BCUT2D eigenvalue weighted by atomic mass is 9.92. The summed E-state index contributed by atoms with van der Waals surface area (Å²) in [6.07, 6.45) is 7.35. The maximum Gasteiger partial charge on any atom is 0.0314 e. The van der Waals surface area contributed by atoms with Gasteiger partial charge in [0.1, 0.15) is 0 Å². The van der Waals surface area contributed by atoms with Gasteiger partial charge in [0.2, 0.25) is 0 Å². The van der Waals surface area contributed by atoms with Gasteiger partial charge in [0, 0.05) is 11.4 Å². The van der Waals surface area contributed by atoms with E-state index in [0.717, 1.165) is 43.5 Å². The van der Waals surface area contributed by atoms with E-state index in [9.17, 15) is 0 Å². The molecule has 0 bridgehead atoms. The van der Waals surface area contributed by atoms with Crippen molar-refractivity contribution < 1.29 is 0 Å². The lowest BCUT2D eigenvalue weighted by Crippen LogP contribution is -2.00.